The van der Waals surface area contributed by atoms with E-state index in [0.29, 0.717) is 17.1 Å². The molecule has 182 valence electrons. The molecule has 0 radical (unpaired) electrons. The summed E-state index contributed by atoms with van der Waals surface area (Å²) < 4.78 is 15.9. The van der Waals surface area contributed by atoms with Gasteiger partial charge in [0.2, 0.25) is 0 Å². The first-order valence-electron chi connectivity index (χ1n) is 10.7. The molecule has 0 aliphatic rings. The summed E-state index contributed by atoms with van der Waals surface area (Å²) in [6.07, 6.45) is 0. The van der Waals surface area contributed by atoms with Crippen LogP contribution in [-0.2, 0) is 14.3 Å². The summed E-state index contributed by atoms with van der Waals surface area (Å²) in [4.78, 5) is 49.8. The van der Waals surface area contributed by atoms with Gasteiger partial charge in [-0.05, 0) is 49.7 Å². The number of para-hydroxylation sites is 1. The average Bonchev–Trinajstić information content (AvgIpc) is 3.18. The summed E-state index contributed by atoms with van der Waals surface area (Å²) in [5, 5.41) is 5.17. The number of hydrogen-bond donors (Lipinski definition) is 2. The quantitative estimate of drug-likeness (QED) is 0.427. The van der Waals surface area contributed by atoms with E-state index in [4.69, 9.17) is 14.2 Å². The summed E-state index contributed by atoms with van der Waals surface area (Å²) in [5.41, 5.74) is 0.670. The second kappa shape index (κ2) is 11.8. The fourth-order valence-corrected chi connectivity index (χ4v) is 4.23. The Bertz CT molecular complexity index is 1240. The normalized spacial score (nSPS) is 10.3. The third-order valence-electron chi connectivity index (χ3n) is 4.70. The summed E-state index contributed by atoms with van der Waals surface area (Å²) >= 11 is 0.933. The van der Waals surface area contributed by atoms with Crippen LogP contribution in [0.5, 0.6) is 11.5 Å². The summed E-state index contributed by atoms with van der Waals surface area (Å²) in [6.45, 7) is 2.77. The number of anilines is 1. The minimum atomic E-state index is -0.724. The van der Waals surface area contributed by atoms with E-state index in [0.717, 1.165) is 11.3 Å². The Labute approximate surface area is 206 Å². The van der Waals surface area contributed by atoms with Crippen LogP contribution in [0.2, 0.25) is 0 Å². The maximum Gasteiger partial charge on any atom is 0.341 e. The molecule has 3 aromatic rings. The van der Waals surface area contributed by atoms with Crippen LogP contribution in [0.1, 0.15) is 42.9 Å². The van der Waals surface area contributed by atoms with Crippen LogP contribution in [0.4, 0.5) is 5.00 Å². The van der Waals surface area contributed by atoms with Crippen molar-refractivity contribution in [3.05, 3.63) is 76.2 Å². The van der Waals surface area contributed by atoms with E-state index >= 15 is 0 Å². The maximum atomic E-state index is 12.5. The molecule has 2 amide bonds. The molecule has 0 unspecified atom stereocenters. The van der Waals surface area contributed by atoms with Crippen LogP contribution in [0, 0.1) is 6.92 Å². The number of thiophene rings is 1. The molecule has 35 heavy (non-hydrogen) atoms. The predicted octanol–water partition coefficient (Wildman–Crippen LogP) is 4.18. The number of esters is 2. The topological polar surface area (TPSA) is 120 Å². The molecule has 0 saturated heterocycles. The van der Waals surface area contributed by atoms with Crippen molar-refractivity contribution in [2.45, 2.75) is 13.8 Å². The molecule has 0 bridgehead atoms. The van der Waals surface area contributed by atoms with Gasteiger partial charge < -0.3 is 24.8 Å². The minimum absolute atomic E-state index is 0.0842. The average molecular weight is 497 g/mol. The highest BCUT2D eigenvalue weighted by Crippen LogP contribution is 2.33. The molecule has 1 heterocycles. The van der Waals surface area contributed by atoms with Gasteiger partial charge >= 0.3 is 11.9 Å². The van der Waals surface area contributed by atoms with E-state index < -0.39 is 30.4 Å². The third kappa shape index (κ3) is 6.45. The van der Waals surface area contributed by atoms with Gasteiger partial charge in [-0.15, -0.1) is 11.3 Å². The highest BCUT2D eigenvalue weighted by atomic mass is 32.1. The second-order valence-electron chi connectivity index (χ2n) is 7.13. The molecule has 3 rings (SSSR count). The molecule has 2 N–H and O–H groups in total. The fraction of sp³-hybridized carbons (Fsp3) is 0.200. The SMILES string of the molecule is CCOC(=O)c1c(NC(=O)COC(=O)c2cccc(Oc3ccccc3)c2)sc(C(=O)NC)c1C. The van der Waals surface area contributed by atoms with E-state index in [1.54, 1.807) is 38.1 Å². The number of ether oxygens (including phenoxy) is 3. The van der Waals surface area contributed by atoms with E-state index in [2.05, 4.69) is 10.6 Å². The van der Waals surface area contributed by atoms with Gasteiger partial charge in [0.1, 0.15) is 16.5 Å². The molecule has 0 saturated carbocycles. The van der Waals surface area contributed by atoms with Crippen LogP contribution >= 0.6 is 11.3 Å². The lowest BCUT2D eigenvalue weighted by Crippen LogP contribution is -2.21. The molecule has 0 spiro atoms. The number of carbonyl (C=O) groups excluding carboxylic acids is 4. The molecule has 0 fully saturated rings. The first kappa shape index (κ1) is 25.4. The Morgan fingerprint density at radius 2 is 1.63 bits per heavy atom. The van der Waals surface area contributed by atoms with Gasteiger partial charge in [-0.25, -0.2) is 9.59 Å². The van der Waals surface area contributed by atoms with Gasteiger partial charge in [0, 0.05) is 7.05 Å². The van der Waals surface area contributed by atoms with Crippen molar-refractivity contribution in [2.24, 2.45) is 0 Å². The Morgan fingerprint density at radius 3 is 2.31 bits per heavy atom. The largest absolute Gasteiger partial charge is 0.462 e. The van der Waals surface area contributed by atoms with Crippen LogP contribution in [0.25, 0.3) is 0 Å². The van der Waals surface area contributed by atoms with Gasteiger partial charge in [0.25, 0.3) is 11.8 Å². The van der Waals surface area contributed by atoms with E-state index in [-0.39, 0.29) is 27.6 Å². The van der Waals surface area contributed by atoms with Gasteiger partial charge in [-0.1, -0.05) is 24.3 Å². The fourth-order valence-electron chi connectivity index (χ4n) is 3.07. The summed E-state index contributed by atoms with van der Waals surface area (Å²) in [5.74, 6) is -1.42. The Kier molecular flexibility index (Phi) is 8.58. The summed E-state index contributed by atoms with van der Waals surface area (Å²) in [6, 6.07) is 15.4. The van der Waals surface area contributed by atoms with Gasteiger partial charge in [0.15, 0.2) is 6.61 Å². The van der Waals surface area contributed by atoms with E-state index in [1.165, 1.54) is 19.2 Å². The minimum Gasteiger partial charge on any atom is -0.462 e. The second-order valence-corrected chi connectivity index (χ2v) is 8.15. The third-order valence-corrected chi connectivity index (χ3v) is 5.90. The number of hydrogen-bond acceptors (Lipinski definition) is 8. The number of rotatable bonds is 9. The highest BCUT2D eigenvalue weighted by Gasteiger charge is 2.26. The Hall–Kier alpha value is -4.18. The van der Waals surface area contributed by atoms with Crippen molar-refractivity contribution in [2.75, 3.05) is 25.6 Å². The van der Waals surface area contributed by atoms with Crippen LogP contribution in [-0.4, -0.2) is 44.0 Å². The van der Waals surface area contributed by atoms with Crippen molar-refractivity contribution in [1.29, 1.82) is 0 Å². The Balaban J connectivity index is 1.67. The number of carbonyl (C=O) groups is 4. The van der Waals surface area contributed by atoms with Crippen LogP contribution in [0.3, 0.4) is 0 Å². The molecule has 2 aromatic carbocycles. The Morgan fingerprint density at radius 1 is 0.914 bits per heavy atom. The van der Waals surface area contributed by atoms with E-state index in [9.17, 15) is 19.2 Å². The number of benzene rings is 2. The lowest BCUT2D eigenvalue weighted by Gasteiger charge is -2.09. The molecule has 1 aromatic heterocycles. The van der Waals surface area contributed by atoms with Crippen molar-refractivity contribution in [1.82, 2.24) is 5.32 Å². The number of nitrogens with one attached hydrogen (secondary N) is 2. The van der Waals surface area contributed by atoms with Crippen molar-refractivity contribution in [3.63, 3.8) is 0 Å². The molecule has 9 nitrogen and oxygen atoms in total. The van der Waals surface area contributed by atoms with Crippen molar-refractivity contribution in [3.8, 4) is 11.5 Å². The van der Waals surface area contributed by atoms with Crippen molar-refractivity contribution < 1.29 is 33.4 Å². The first-order chi connectivity index (χ1) is 16.8. The van der Waals surface area contributed by atoms with Gasteiger partial charge in [-0.3, -0.25) is 9.59 Å². The lowest BCUT2D eigenvalue weighted by atomic mass is 10.1. The van der Waals surface area contributed by atoms with Crippen LogP contribution in [0.15, 0.2) is 54.6 Å². The molecule has 0 atom stereocenters. The zero-order valence-electron chi connectivity index (χ0n) is 19.4. The molecule has 0 aliphatic carbocycles. The monoisotopic (exact) mass is 496 g/mol. The zero-order valence-corrected chi connectivity index (χ0v) is 20.2. The van der Waals surface area contributed by atoms with Crippen LogP contribution < -0.4 is 15.4 Å². The zero-order chi connectivity index (χ0) is 25.4. The van der Waals surface area contributed by atoms with Gasteiger partial charge in [0.05, 0.1) is 22.6 Å². The smallest absolute Gasteiger partial charge is 0.341 e. The molecule has 0 aliphatic heterocycles. The predicted molar refractivity (Wildman–Crippen MR) is 130 cm³/mol. The van der Waals surface area contributed by atoms with E-state index in [1.807, 2.05) is 18.2 Å². The number of amides is 2. The molecule has 10 heteroatoms. The first-order valence-corrected chi connectivity index (χ1v) is 11.5. The molecular formula is C25H24N2O7S. The summed E-state index contributed by atoms with van der Waals surface area (Å²) in [7, 11) is 1.46. The standard InChI is InChI=1S/C25H24N2O7S/c1-4-32-25(31)20-15(2)21(22(29)26-3)35-23(20)27-19(28)14-33-24(30)16-9-8-12-18(13-16)34-17-10-6-5-7-11-17/h5-13H,4,14H2,1-3H3,(H,26,29)(H,27,28). The van der Waals surface area contributed by atoms with Gasteiger partial charge in [-0.2, -0.15) is 0 Å². The maximum absolute atomic E-state index is 12.5. The van der Waals surface area contributed by atoms with Crippen molar-refractivity contribution >= 4 is 40.1 Å². The highest BCUT2D eigenvalue weighted by molar-refractivity contribution is 7.18. The lowest BCUT2D eigenvalue weighted by molar-refractivity contribution is -0.119. The molecular weight excluding hydrogens is 472 g/mol.